The fraction of sp³-hybridized carbons (Fsp3) is 0.414. The number of pyridine rings is 1. The summed E-state index contributed by atoms with van der Waals surface area (Å²) >= 11 is 0. The molecule has 1 aliphatic rings. The Labute approximate surface area is 229 Å². The summed E-state index contributed by atoms with van der Waals surface area (Å²) < 4.78 is 50.7. The van der Waals surface area contributed by atoms with Gasteiger partial charge in [0.05, 0.1) is 22.3 Å². The number of carbonyl (C=O) groups excluding carboxylic acids is 1. The number of anilines is 1. The maximum absolute atomic E-state index is 15.8. The van der Waals surface area contributed by atoms with Crippen LogP contribution in [-0.2, 0) is 4.74 Å². The Kier molecular flexibility index (Phi) is 7.87. The molecule has 1 aromatic heterocycles. The Hall–Kier alpha value is -4.02. The Bertz CT molecular complexity index is 1550. The van der Waals surface area contributed by atoms with Gasteiger partial charge in [0, 0.05) is 37.5 Å². The van der Waals surface area contributed by atoms with Crippen LogP contribution >= 0.6 is 0 Å². The number of amides is 1. The summed E-state index contributed by atoms with van der Waals surface area (Å²) in [4.78, 5) is 38.8. The molecule has 2 aromatic carbocycles. The summed E-state index contributed by atoms with van der Waals surface area (Å²) in [5.41, 5.74) is -2.17. The Morgan fingerprint density at radius 3 is 2.50 bits per heavy atom. The molecule has 1 aliphatic heterocycles. The van der Waals surface area contributed by atoms with Crippen molar-refractivity contribution < 1.29 is 32.6 Å². The van der Waals surface area contributed by atoms with Crippen molar-refractivity contribution in [1.82, 2.24) is 9.88 Å². The number of rotatable bonds is 6. The van der Waals surface area contributed by atoms with Crippen molar-refractivity contribution in [3.63, 3.8) is 0 Å². The second-order valence-electron chi connectivity index (χ2n) is 11.2. The summed E-state index contributed by atoms with van der Waals surface area (Å²) in [6.45, 7) is 10.0. The number of nitrogens with one attached hydrogen (secondary N) is 1. The molecule has 1 amide bonds. The van der Waals surface area contributed by atoms with Gasteiger partial charge in [-0.05, 0) is 64.2 Å². The van der Waals surface area contributed by atoms with Crippen LogP contribution in [-0.4, -0.2) is 47.0 Å². The van der Waals surface area contributed by atoms with Crippen LogP contribution < -0.4 is 15.6 Å². The number of ether oxygens (including phenoxy) is 1. The minimum Gasteiger partial charge on any atom is -0.477 e. The Balaban J connectivity index is 1.71. The molecule has 2 atom stereocenters. The number of carboxylic acids is 1. The number of aryl methyl sites for hydroxylation is 1. The van der Waals surface area contributed by atoms with Crippen molar-refractivity contribution in [3.05, 3.63) is 69.3 Å². The SMILES string of the molecule is Cc1c(F)c(N2CCC(C(C)CNC(=O)OC(C)(C)C)C2)cc2c1c(=O)c(C(=O)O)cn2-c1ccc(F)cc1F. The highest BCUT2D eigenvalue weighted by molar-refractivity contribution is 5.95. The molecule has 0 saturated carbocycles. The van der Waals surface area contributed by atoms with E-state index in [2.05, 4.69) is 5.32 Å². The van der Waals surface area contributed by atoms with E-state index < -0.39 is 46.1 Å². The van der Waals surface area contributed by atoms with Gasteiger partial charge in [-0.25, -0.2) is 22.8 Å². The zero-order valence-corrected chi connectivity index (χ0v) is 23.0. The van der Waals surface area contributed by atoms with Gasteiger partial charge in [-0.2, -0.15) is 0 Å². The molecule has 3 aromatic rings. The quantitative estimate of drug-likeness (QED) is 0.420. The average Bonchev–Trinajstić information content (AvgIpc) is 3.34. The number of carbonyl (C=O) groups is 2. The highest BCUT2D eigenvalue weighted by atomic mass is 19.1. The summed E-state index contributed by atoms with van der Waals surface area (Å²) in [7, 11) is 0. The summed E-state index contributed by atoms with van der Waals surface area (Å²) in [5, 5.41) is 12.2. The molecule has 0 bridgehead atoms. The number of benzene rings is 2. The summed E-state index contributed by atoms with van der Waals surface area (Å²) in [6.07, 6.45) is 1.17. The van der Waals surface area contributed by atoms with Crippen LogP contribution in [0.5, 0.6) is 0 Å². The van der Waals surface area contributed by atoms with Gasteiger partial charge < -0.3 is 24.6 Å². The third kappa shape index (κ3) is 5.78. The number of nitrogens with zero attached hydrogens (tertiary/aromatic N) is 2. The smallest absolute Gasteiger partial charge is 0.407 e. The third-order valence-electron chi connectivity index (χ3n) is 7.19. The molecule has 1 fully saturated rings. The second kappa shape index (κ2) is 10.9. The van der Waals surface area contributed by atoms with Gasteiger partial charge in [0.25, 0.3) is 0 Å². The number of aromatic nitrogens is 1. The first-order chi connectivity index (χ1) is 18.7. The fourth-order valence-electron chi connectivity index (χ4n) is 5.08. The lowest BCUT2D eigenvalue weighted by molar-refractivity contribution is 0.0515. The van der Waals surface area contributed by atoms with Crippen LogP contribution in [0.1, 0.15) is 50.0 Å². The Morgan fingerprint density at radius 1 is 1.18 bits per heavy atom. The highest BCUT2D eigenvalue weighted by Crippen LogP contribution is 2.35. The molecule has 11 heteroatoms. The van der Waals surface area contributed by atoms with Crippen molar-refractivity contribution in [3.8, 4) is 5.69 Å². The van der Waals surface area contributed by atoms with Crippen LogP contribution in [0.4, 0.5) is 23.7 Å². The number of hydrogen-bond donors (Lipinski definition) is 2. The van der Waals surface area contributed by atoms with Gasteiger partial charge >= 0.3 is 12.1 Å². The third-order valence-corrected chi connectivity index (χ3v) is 7.19. The first-order valence-electron chi connectivity index (χ1n) is 13.0. The van der Waals surface area contributed by atoms with Crippen LogP contribution in [0.25, 0.3) is 16.6 Å². The van der Waals surface area contributed by atoms with E-state index in [-0.39, 0.29) is 39.7 Å². The highest BCUT2D eigenvalue weighted by Gasteiger charge is 2.31. The number of carboxylic acid groups (broad SMARTS) is 1. The van der Waals surface area contributed by atoms with E-state index in [9.17, 15) is 28.3 Å². The van der Waals surface area contributed by atoms with E-state index in [1.165, 1.54) is 13.0 Å². The van der Waals surface area contributed by atoms with E-state index in [1.807, 2.05) is 11.8 Å². The van der Waals surface area contributed by atoms with Crippen molar-refractivity contribution in [2.45, 2.75) is 46.6 Å². The van der Waals surface area contributed by atoms with Gasteiger partial charge in [0.2, 0.25) is 5.43 Å². The fourth-order valence-corrected chi connectivity index (χ4v) is 5.08. The molecule has 0 radical (unpaired) electrons. The number of fused-ring (bicyclic) bond motifs is 1. The van der Waals surface area contributed by atoms with Gasteiger partial charge in [-0.15, -0.1) is 0 Å². The molecule has 40 heavy (non-hydrogen) atoms. The zero-order chi connectivity index (χ0) is 29.5. The molecular formula is C29H32F3N3O5. The lowest BCUT2D eigenvalue weighted by Crippen LogP contribution is -2.36. The van der Waals surface area contributed by atoms with E-state index in [0.717, 1.165) is 22.9 Å². The molecule has 1 saturated heterocycles. The molecule has 2 heterocycles. The predicted molar refractivity (Wildman–Crippen MR) is 145 cm³/mol. The van der Waals surface area contributed by atoms with Crippen LogP contribution in [0, 0.1) is 36.2 Å². The lowest BCUT2D eigenvalue weighted by Gasteiger charge is -2.25. The second-order valence-corrected chi connectivity index (χ2v) is 11.2. The van der Waals surface area contributed by atoms with Crippen molar-refractivity contribution in [2.75, 3.05) is 24.5 Å². The van der Waals surface area contributed by atoms with Gasteiger partial charge in [-0.3, -0.25) is 4.79 Å². The number of alkyl carbamates (subject to hydrolysis) is 1. The van der Waals surface area contributed by atoms with Crippen molar-refractivity contribution in [2.24, 2.45) is 11.8 Å². The molecule has 0 spiro atoms. The first-order valence-corrected chi connectivity index (χ1v) is 13.0. The van der Waals surface area contributed by atoms with Crippen molar-refractivity contribution in [1.29, 1.82) is 0 Å². The Morgan fingerprint density at radius 2 is 1.88 bits per heavy atom. The van der Waals surface area contributed by atoms with Crippen LogP contribution in [0.15, 0.2) is 35.3 Å². The lowest BCUT2D eigenvalue weighted by atomic mass is 9.93. The number of halogens is 3. The monoisotopic (exact) mass is 559 g/mol. The molecule has 2 unspecified atom stereocenters. The van der Waals surface area contributed by atoms with E-state index >= 15 is 4.39 Å². The molecule has 2 N–H and O–H groups in total. The summed E-state index contributed by atoms with van der Waals surface area (Å²) in [5.74, 6) is -3.88. The van der Waals surface area contributed by atoms with E-state index in [1.54, 1.807) is 20.8 Å². The number of hydrogen-bond acceptors (Lipinski definition) is 5. The van der Waals surface area contributed by atoms with Crippen molar-refractivity contribution >= 4 is 28.7 Å². The van der Waals surface area contributed by atoms with Gasteiger partial charge in [-0.1, -0.05) is 6.92 Å². The maximum atomic E-state index is 15.8. The largest absolute Gasteiger partial charge is 0.477 e. The van der Waals surface area contributed by atoms with Crippen LogP contribution in [0.3, 0.4) is 0 Å². The van der Waals surface area contributed by atoms with E-state index in [0.29, 0.717) is 32.1 Å². The average molecular weight is 560 g/mol. The van der Waals surface area contributed by atoms with Crippen LogP contribution in [0.2, 0.25) is 0 Å². The molecule has 8 nitrogen and oxygen atoms in total. The predicted octanol–water partition coefficient (Wildman–Crippen LogP) is 5.40. The minimum atomic E-state index is -1.55. The van der Waals surface area contributed by atoms with Gasteiger partial charge in [0.1, 0.15) is 28.6 Å². The number of aromatic carboxylic acids is 1. The molecular weight excluding hydrogens is 527 g/mol. The molecule has 4 rings (SSSR count). The normalized spacial score (nSPS) is 16.3. The maximum Gasteiger partial charge on any atom is 0.407 e. The minimum absolute atomic E-state index is 0.0479. The first kappa shape index (κ1) is 29.0. The van der Waals surface area contributed by atoms with Gasteiger partial charge in [0.15, 0.2) is 0 Å². The molecule has 214 valence electrons. The standard InChI is InChI=1S/C29H32F3N3O5/c1-15(12-33-28(39)40-29(3,4)5)17-8-9-34(13-17)23-11-22-24(16(2)25(23)32)26(36)19(27(37)38)14-35(22)21-7-6-18(30)10-20(21)31/h6-7,10-11,14-15,17H,8-9,12-13H2,1-5H3,(H,33,39)(H,37,38). The topological polar surface area (TPSA) is 101 Å². The summed E-state index contributed by atoms with van der Waals surface area (Å²) in [6, 6.07) is 4.19. The zero-order valence-electron chi connectivity index (χ0n) is 23.0. The molecule has 0 aliphatic carbocycles. The van der Waals surface area contributed by atoms with E-state index in [4.69, 9.17) is 4.74 Å².